The van der Waals surface area contributed by atoms with E-state index >= 15 is 0 Å². The fourth-order valence-electron chi connectivity index (χ4n) is 1.34. The summed E-state index contributed by atoms with van der Waals surface area (Å²) >= 11 is 0. The monoisotopic (exact) mass is 315 g/mol. The van der Waals surface area contributed by atoms with Gasteiger partial charge in [0.2, 0.25) is 6.61 Å². The van der Waals surface area contributed by atoms with Crippen molar-refractivity contribution in [1.29, 1.82) is 10.5 Å². The molecule has 0 heterocycles. The van der Waals surface area contributed by atoms with E-state index in [1.54, 1.807) is 0 Å². The molecular weight excluding hydrogens is 304 g/mol. The van der Waals surface area contributed by atoms with E-state index in [1.165, 1.54) is 12.1 Å². The molecule has 0 aromatic rings. The summed E-state index contributed by atoms with van der Waals surface area (Å²) in [5.41, 5.74) is -2.19. The number of nitrogens with zero attached hydrogens (tertiary/aromatic N) is 3. The highest BCUT2D eigenvalue weighted by Gasteiger charge is 2.37. The Labute approximate surface area is 116 Å². The maximum Gasteiger partial charge on any atom is 0.425 e. The third-order valence-corrected chi connectivity index (χ3v) is 2.27. The Hall–Kier alpha value is -1.97. The van der Waals surface area contributed by atoms with Gasteiger partial charge in [-0.3, -0.25) is 0 Å². The highest BCUT2D eigenvalue weighted by molar-refractivity contribution is 5.82. The van der Waals surface area contributed by atoms with Crippen LogP contribution < -0.4 is 0 Å². The van der Waals surface area contributed by atoms with Gasteiger partial charge in [0.15, 0.2) is 0 Å². The van der Waals surface area contributed by atoms with Crippen LogP contribution >= 0.6 is 0 Å². The van der Waals surface area contributed by atoms with Crippen LogP contribution in [-0.2, 0) is 4.84 Å². The van der Waals surface area contributed by atoms with Crippen molar-refractivity contribution in [3.8, 4) is 12.1 Å². The lowest BCUT2D eigenvalue weighted by Crippen LogP contribution is -2.23. The summed E-state index contributed by atoms with van der Waals surface area (Å²) in [4.78, 5) is 3.96. The minimum atomic E-state index is -4.61. The SMILES string of the molecule is CC(CC(C#N)(C#N)CCC(F)(F)F)=NOCC(F)(F)F. The molecular formula is C11H11F6N3O. The number of oxime groups is 1. The van der Waals surface area contributed by atoms with E-state index in [-0.39, 0.29) is 5.71 Å². The zero-order valence-corrected chi connectivity index (χ0v) is 10.8. The molecule has 0 N–H and O–H groups in total. The predicted molar refractivity (Wildman–Crippen MR) is 58.7 cm³/mol. The summed E-state index contributed by atoms with van der Waals surface area (Å²) in [5, 5.41) is 20.8. The quantitative estimate of drug-likeness (QED) is 0.426. The first-order chi connectivity index (χ1) is 9.43. The summed E-state index contributed by atoms with van der Waals surface area (Å²) < 4.78 is 71.8. The van der Waals surface area contributed by atoms with Crippen LogP contribution in [0.2, 0.25) is 0 Å². The molecule has 10 heteroatoms. The van der Waals surface area contributed by atoms with Crippen molar-refractivity contribution in [2.24, 2.45) is 10.6 Å². The van der Waals surface area contributed by atoms with Gasteiger partial charge in [0, 0.05) is 12.8 Å². The van der Waals surface area contributed by atoms with E-state index in [1.807, 2.05) is 0 Å². The molecule has 0 fully saturated rings. The number of halogens is 6. The van der Waals surface area contributed by atoms with Gasteiger partial charge in [0.25, 0.3) is 0 Å². The number of alkyl halides is 6. The highest BCUT2D eigenvalue weighted by Crippen LogP contribution is 2.33. The summed E-state index contributed by atoms with van der Waals surface area (Å²) in [5.74, 6) is 0. The summed E-state index contributed by atoms with van der Waals surface area (Å²) in [6.45, 7) is -0.508. The Bertz CT molecular complexity index is 441. The molecule has 21 heavy (non-hydrogen) atoms. The molecule has 0 bridgehead atoms. The van der Waals surface area contributed by atoms with E-state index in [0.29, 0.717) is 0 Å². The van der Waals surface area contributed by atoms with Crippen molar-refractivity contribution in [3.05, 3.63) is 0 Å². The lowest BCUT2D eigenvalue weighted by molar-refractivity contribution is -0.173. The van der Waals surface area contributed by atoms with Gasteiger partial charge in [0.05, 0.1) is 17.9 Å². The van der Waals surface area contributed by atoms with Gasteiger partial charge in [-0.25, -0.2) is 0 Å². The van der Waals surface area contributed by atoms with Crippen LogP contribution in [0.5, 0.6) is 0 Å². The molecule has 0 rings (SSSR count). The number of hydrogen-bond acceptors (Lipinski definition) is 4. The van der Waals surface area contributed by atoms with Crippen molar-refractivity contribution < 1.29 is 31.2 Å². The topological polar surface area (TPSA) is 69.2 Å². The van der Waals surface area contributed by atoms with Gasteiger partial charge < -0.3 is 4.84 Å². The zero-order chi connectivity index (χ0) is 16.7. The van der Waals surface area contributed by atoms with E-state index < -0.39 is 43.6 Å². The van der Waals surface area contributed by atoms with Gasteiger partial charge >= 0.3 is 12.4 Å². The van der Waals surface area contributed by atoms with Crippen molar-refractivity contribution in [3.63, 3.8) is 0 Å². The molecule has 0 aliphatic carbocycles. The molecule has 0 aliphatic heterocycles. The van der Waals surface area contributed by atoms with Crippen LogP contribution in [-0.4, -0.2) is 24.7 Å². The number of rotatable bonds is 6. The maximum absolute atomic E-state index is 12.1. The van der Waals surface area contributed by atoms with Crippen LogP contribution in [0.25, 0.3) is 0 Å². The van der Waals surface area contributed by atoms with Crippen LogP contribution in [0.4, 0.5) is 26.3 Å². The lowest BCUT2D eigenvalue weighted by Gasteiger charge is -2.19. The second kappa shape index (κ2) is 7.16. The molecule has 0 radical (unpaired) electrons. The Kier molecular flexibility index (Phi) is 6.49. The first-order valence-corrected chi connectivity index (χ1v) is 5.54. The van der Waals surface area contributed by atoms with Crippen LogP contribution in [0.1, 0.15) is 26.2 Å². The van der Waals surface area contributed by atoms with E-state index in [2.05, 4.69) is 9.99 Å². The van der Waals surface area contributed by atoms with Gasteiger partial charge in [-0.2, -0.15) is 36.9 Å². The molecule has 4 nitrogen and oxygen atoms in total. The maximum atomic E-state index is 12.1. The number of hydrogen-bond donors (Lipinski definition) is 0. The summed E-state index contributed by atoms with van der Waals surface area (Å²) in [6, 6.07) is 2.91. The predicted octanol–water partition coefficient (Wildman–Crippen LogP) is 3.71. The second-order valence-electron chi connectivity index (χ2n) is 4.31. The minimum Gasteiger partial charge on any atom is -0.386 e. The molecule has 0 spiro atoms. The van der Waals surface area contributed by atoms with Gasteiger partial charge in [-0.15, -0.1) is 0 Å². The lowest BCUT2D eigenvalue weighted by atomic mass is 9.81. The molecule has 0 saturated carbocycles. The second-order valence-corrected chi connectivity index (χ2v) is 4.31. The smallest absolute Gasteiger partial charge is 0.386 e. The molecule has 0 amide bonds. The molecule has 0 aromatic carbocycles. The van der Waals surface area contributed by atoms with Crippen molar-refractivity contribution in [2.75, 3.05) is 6.61 Å². The van der Waals surface area contributed by atoms with Crippen molar-refractivity contribution >= 4 is 5.71 Å². The molecule has 118 valence electrons. The highest BCUT2D eigenvalue weighted by atomic mass is 19.4. The average molecular weight is 315 g/mol. The normalized spacial score (nSPS) is 13.5. The van der Waals surface area contributed by atoms with Crippen LogP contribution in [0, 0.1) is 28.1 Å². The van der Waals surface area contributed by atoms with Gasteiger partial charge in [-0.05, 0) is 13.3 Å². The minimum absolute atomic E-state index is 0.176. The largest absolute Gasteiger partial charge is 0.425 e. The first kappa shape index (κ1) is 19.0. The molecule has 0 unspecified atom stereocenters. The van der Waals surface area contributed by atoms with Crippen molar-refractivity contribution in [2.45, 2.75) is 38.5 Å². The molecule has 0 aromatic heterocycles. The number of nitriles is 2. The summed E-state index contributed by atoms with van der Waals surface area (Å²) in [7, 11) is 0. The molecule has 0 saturated heterocycles. The van der Waals surface area contributed by atoms with Gasteiger partial charge in [-0.1, -0.05) is 5.16 Å². The van der Waals surface area contributed by atoms with E-state index in [0.717, 1.165) is 6.92 Å². The fourth-order valence-corrected chi connectivity index (χ4v) is 1.34. The first-order valence-electron chi connectivity index (χ1n) is 5.54. The Morgan fingerprint density at radius 3 is 1.90 bits per heavy atom. The fraction of sp³-hybridized carbons (Fsp3) is 0.727. The Morgan fingerprint density at radius 2 is 1.52 bits per heavy atom. The molecule has 0 atom stereocenters. The zero-order valence-electron chi connectivity index (χ0n) is 10.8. The van der Waals surface area contributed by atoms with Crippen LogP contribution in [0.3, 0.4) is 0 Å². The standard InChI is InChI=1S/C11H11F6N3O/c1-8(20-21-7-11(15,16)17)4-9(5-18,6-19)2-3-10(12,13)14/h2-4,7H2,1H3. The molecule has 0 aliphatic rings. The third-order valence-electron chi connectivity index (χ3n) is 2.27. The third kappa shape index (κ3) is 8.74. The van der Waals surface area contributed by atoms with Crippen molar-refractivity contribution in [1.82, 2.24) is 0 Å². The Morgan fingerprint density at radius 1 is 1.00 bits per heavy atom. The Balaban J connectivity index is 4.74. The van der Waals surface area contributed by atoms with E-state index in [9.17, 15) is 26.3 Å². The van der Waals surface area contributed by atoms with Gasteiger partial charge in [0.1, 0.15) is 5.41 Å². The summed E-state index contributed by atoms with van der Waals surface area (Å²) in [6.07, 6.45) is -11.8. The van der Waals surface area contributed by atoms with E-state index in [4.69, 9.17) is 10.5 Å². The average Bonchev–Trinajstić information content (AvgIpc) is 2.32. The van der Waals surface area contributed by atoms with Crippen LogP contribution in [0.15, 0.2) is 5.16 Å².